The molecule has 0 aliphatic rings. The van der Waals surface area contributed by atoms with E-state index in [1.165, 1.54) is 0 Å². The van der Waals surface area contributed by atoms with Gasteiger partial charge in [0.25, 0.3) is 0 Å². The van der Waals surface area contributed by atoms with Gasteiger partial charge >= 0.3 is 5.97 Å². The van der Waals surface area contributed by atoms with Gasteiger partial charge in [0.2, 0.25) is 0 Å². The van der Waals surface area contributed by atoms with E-state index in [1.807, 2.05) is 42.5 Å². The number of carbonyl (C=O) groups is 1. The van der Waals surface area contributed by atoms with Crippen LogP contribution in [0.25, 0.3) is 0 Å². The minimum Gasteiger partial charge on any atom is -0.488 e. The Bertz CT molecular complexity index is 925. The Balaban J connectivity index is 1.90. The van der Waals surface area contributed by atoms with E-state index in [0.29, 0.717) is 25.4 Å². The van der Waals surface area contributed by atoms with Gasteiger partial charge < -0.3 is 14.6 Å². The van der Waals surface area contributed by atoms with Crippen molar-refractivity contribution < 1.29 is 19.4 Å². The highest BCUT2D eigenvalue weighted by atomic mass is 79.9. The molecule has 2 rings (SSSR count). The molecule has 2 aromatic rings. The fourth-order valence-electron chi connectivity index (χ4n) is 2.42. The summed E-state index contributed by atoms with van der Waals surface area (Å²) in [4.78, 5) is 11.2. The van der Waals surface area contributed by atoms with Crippen LogP contribution in [0.5, 0.6) is 5.75 Å². The number of rotatable bonds is 8. The highest BCUT2D eigenvalue weighted by Crippen LogP contribution is 2.27. The fraction of sp³-hybridized carbons (Fsp3) is 0.227. The van der Waals surface area contributed by atoms with E-state index in [2.05, 4.69) is 59.6 Å². The van der Waals surface area contributed by atoms with Gasteiger partial charge in [-0.05, 0) is 70.9 Å². The maximum Gasteiger partial charge on any atom is 0.333 e. The lowest BCUT2D eigenvalue weighted by Gasteiger charge is -2.13. The second-order valence-electron chi connectivity index (χ2n) is 5.89. The van der Waals surface area contributed by atoms with Crippen molar-refractivity contribution in [2.24, 2.45) is 0 Å². The zero-order valence-corrected chi connectivity index (χ0v) is 20.4. The molecule has 29 heavy (non-hydrogen) atoms. The maximum absolute atomic E-state index is 11.2. The monoisotopic (exact) mass is 584 g/mol. The molecule has 0 aliphatic carbocycles. The van der Waals surface area contributed by atoms with Crippen LogP contribution in [0.3, 0.4) is 0 Å². The van der Waals surface area contributed by atoms with Gasteiger partial charge in [-0.3, -0.25) is 0 Å². The van der Waals surface area contributed by atoms with Gasteiger partial charge in [-0.25, -0.2) is 4.79 Å². The van der Waals surface area contributed by atoms with E-state index in [-0.39, 0.29) is 0 Å². The number of allylic oxidation sites excluding steroid dienone is 1. The maximum atomic E-state index is 11.2. The fourth-order valence-corrected chi connectivity index (χ4v) is 4.25. The van der Waals surface area contributed by atoms with Crippen molar-refractivity contribution in [3.05, 3.63) is 73.1 Å². The molecule has 2 aromatic carbocycles. The van der Waals surface area contributed by atoms with E-state index in [0.717, 1.165) is 24.5 Å². The second kappa shape index (κ2) is 12.2. The lowest BCUT2D eigenvalue weighted by Crippen LogP contribution is -2.26. The first-order valence-electron chi connectivity index (χ1n) is 8.77. The zero-order chi connectivity index (χ0) is 21.2. The van der Waals surface area contributed by atoms with E-state index in [4.69, 9.17) is 9.47 Å². The van der Waals surface area contributed by atoms with Crippen molar-refractivity contribution >= 4 is 53.8 Å². The molecule has 4 nitrogen and oxygen atoms in total. The summed E-state index contributed by atoms with van der Waals surface area (Å²) in [5, 5.41) is 9.19. The largest absolute Gasteiger partial charge is 0.488 e. The Labute approximate surface area is 195 Å². The second-order valence-corrected chi connectivity index (χ2v) is 8.58. The minimum atomic E-state index is -0.968. The first kappa shape index (κ1) is 23.7. The van der Waals surface area contributed by atoms with Gasteiger partial charge in [0.1, 0.15) is 12.4 Å². The SMILES string of the molecule is CCO[C@@H](Cc1ccc(OCC=CC#Cc2cc(Br)cc(Br)c2)c(Br)c1)C(=O)O. The summed E-state index contributed by atoms with van der Waals surface area (Å²) < 4.78 is 13.7. The number of aliphatic carboxylic acids is 1. The number of halogens is 3. The summed E-state index contributed by atoms with van der Waals surface area (Å²) in [5.74, 6) is 5.74. The molecule has 152 valence electrons. The summed E-state index contributed by atoms with van der Waals surface area (Å²) in [6, 6.07) is 11.3. The molecule has 0 aliphatic heterocycles. The van der Waals surface area contributed by atoms with Gasteiger partial charge in [-0.2, -0.15) is 0 Å². The van der Waals surface area contributed by atoms with E-state index < -0.39 is 12.1 Å². The Kier molecular flexibility index (Phi) is 9.95. The van der Waals surface area contributed by atoms with Crippen LogP contribution in [0.2, 0.25) is 0 Å². The third kappa shape index (κ3) is 8.35. The Morgan fingerprint density at radius 1 is 1.17 bits per heavy atom. The number of carboxylic acids is 1. The van der Waals surface area contributed by atoms with E-state index >= 15 is 0 Å². The molecule has 0 bridgehead atoms. The predicted molar refractivity (Wildman–Crippen MR) is 124 cm³/mol. The molecular formula is C22H19Br3O4. The van der Waals surface area contributed by atoms with Crippen LogP contribution >= 0.6 is 47.8 Å². The standard InChI is InChI=1S/C22H19Br3O4/c1-2-28-21(22(26)27)13-16-7-8-20(19(25)12-16)29-9-5-3-4-6-15-10-17(23)14-18(24)11-15/h3,5,7-8,10-12,14,21H,2,9,13H2,1H3,(H,26,27)/t21-/m0/s1. The van der Waals surface area contributed by atoms with Crippen LogP contribution in [0.4, 0.5) is 0 Å². The predicted octanol–water partition coefficient (Wildman–Crippen LogP) is 5.99. The lowest BCUT2D eigenvalue weighted by molar-refractivity contribution is -0.149. The van der Waals surface area contributed by atoms with Crippen molar-refractivity contribution in [3.63, 3.8) is 0 Å². The Hall–Kier alpha value is -1.59. The number of hydrogen-bond acceptors (Lipinski definition) is 3. The Morgan fingerprint density at radius 3 is 2.52 bits per heavy atom. The molecule has 0 radical (unpaired) electrons. The molecule has 7 heteroatoms. The molecular weight excluding hydrogens is 568 g/mol. The molecule has 0 heterocycles. The van der Waals surface area contributed by atoms with Crippen LogP contribution in [-0.4, -0.2) is 30.4 Å². The van der Waals surface area contributed by atoms with Gasteiger partial charge in [-0.1, -0.05) is 49.8 Å². The normalized spacial score (nSPS) is 11.7. The summed E-state index contributed by atoms with van der Waals surface area (Å²) >= 11 is 10.3. The average Bonchev–Trinajstić information content (AvgIpc) is 2.64. The minimum absolute atomic E-state index is 0.295. The lowest BCUT2D eigenvalue weighted by atomic mass is 10.1. The molecule has 0 fully saturated rings. The van der Waals surface area contributed by atoms with Crippen LogP contribution < -0.4 is 4.74 Å². The third-order valence-electron chi connectivity index (χ3n) is 3.68. The topological polar surface area (TPSA) is 55.8 Å². The van der Waals surface area contributed by atoms with Crippen molar-refractivity contribution in [1.82, 2.24) is 0 Å². The highest BCUT2D eigenvalue weighted by molar-refractivity contribution is 9.11. The molecule has 0 aromatic heterocycles. The quantitative estimate of drug-likeness (QED) is 0.386. The number of carboxylic acid groups (broad SMARTS) is 1. The van der Waals surface area contributed by atoms with Crippen LogP contribution in [0.1, 0.15) is 18.1 Å². The van der Waals surface area contributed by atoms with Gasteiger partial charge in [0, 0.05) is 27.5 Å². The van der Waals surface area contributed by atoms with Crippen molar-refractivity contribution in [2.75, 3.05) is 13.2 Å². The molecule has 0 saturated heterocycles. The average molecular weight is 587 g/mol. The van der Waals surface area contributed by atoms with Crippen molar-refractivity contribution in [1.29, 1.82) is 0 Å². The van der Waals surface area contributed by atoms with Crippen LogP contribution in [-0.2, 0) is 16.0 Å². The van der Waals surface area contributed by atoms with Gasteiger partial charge in [0.05, 0.1) is 4.47 Å². The number of benzene rings is 2. The Morgan fingerprint density at radius 2 is 1.90 bits per heavy atom. The highest BCUT2D eigenvalue weighted by Gasteiger charge is 2.18. The summed E-state index contributed by atoms with van der Waals surface area (Å²) in [7, 11) is 0. The van der Waals surface area contributed by atoms with Gasteiger partial charge in [-0.15, -0.1) is 0 Å². The zero-order valence-electron chi connectivity index (χ0n) is 15.6. The van der Waals surface area contributed by atoms with E-state index in [9.17, 15) is 9.90 Å². The molecule has 0 saturated carbocycles. The molecule has 0 spiro atoms. The molecule has 0 amide bonds. The molecule has 0 unspecified atom stereocenters. The molecule has 1 N–H and O–H groups in total. The number of ether oxygens (including phenoxy) is 2. The van der Waals surface area contributed by atoms with Gasteiger partial charge in [0.15, 0.2) is 6.10 Å². The third-order valence-corrected chi connectivity index (χ3v) is 5.21. The van der Waals surface area contributed by atoms with Crippen LogP contribution in [0.15, 0.2) is 62.0 Å². The van der Waals surface area contributed by atoms with E-state index in [1.54, 1.807) is 13.0 Å². The summed E-state index contributed by atoms with van der Waals surface area (Å²) in [5.41, 5.74) is 1.76. The van der Waals surface area contributed by atoms with Crippen LogP contribution in [0, 0.1) is 11.8 Å². The van der Waals surface area contributed by atoms with Crippen molar-refractivity contribution in [2.45, 2.75) is 19.4 Å². The van der Waals surface area contributed by atoms with Crippen molar-refractivity contribution in [3.8, 4) is 17.6 Å². The summed E-state index contributed by atoms with van der Waals surface area (Å²) in [6.07, 6.45) is 3.02. The first-order valence-corrected chi connectivity index (χ1v) is 11.1. The first-order chi connectivity index (χ1) is 13.9. The smallest absolute Gasteiger partial charge is 0.333 e. The molecule has 1 atom stereocenters. The summed E-state index contributed by atoms with van der Waals surface area (Å²) in [6.45, 7) is 2.50. The number of hydrogen-bond donors (Lipinski definition) is 1.